The van der Waals surface area contributed by atoms with E-state index in [9.17, 15) is 0 Å². The molecule has 27 heavy (non-hydrogen) atoms. The van der Waals surface area contributed by atoms with Crippen LogP contribution in [-0.4, -0.2) is 35.0 Å². The largest absolute Gasteiger partial charge is 0.391 e. The fourth-order valence-electron chi connectivity index (χ4n) is 2.95. The highest BCUT2D eigenvalue weighted by atomic mass is 16.6. The Morgan fingerprint density at radius 2 is 2.00 bits per heavy atom. The van der Waals surface area contributed by atoms with Crippen molar-refractivity contribution in [1.82, 2.24) is 29.3 Å². The van der Waals surface area contributed by atoms with Gasteiger partial charge in [0.2, 0.25) is 5.95 Å². The SMILES string of the molecule is CCn1c(-n2cncn2)nc2cncc(C(C)=NOCc3ccccc3)c21. The summed E-state index contributed by atoms with van der Waals surface area (Å²) in [5.74, 6) is 0.692. The van der Waals surface area contributed by atoms with Crippen molar-refractivity contribution in [3.05, 3.63) is 66.5 Å². The number of fused-ring (bicyclic) bond motifs is 1. The van der Waals surface area contributed by atoms with E-state index in [0.717, 1.165) is 34.4 Å². The van der Waals surface area contributed by atoms with Crippen LogP contribution in [0.15, 0.2) is 60.5 Å². The second-order valence-electron chi connectivity index (χ2n) is 5.99. The number of rotatable bonds is 6. The van der Waals surface area contributed by atoms with Gasteiger partial charge in [-0.1, -0.05) is 35.5 Å². The number of aryl methyl sites for hydroxylation is 1. The predicted molar refractivity (Wildman–Crippen MR) is 102 cm³/mol. The monoisotopic (exact) mass is 361 g/mol. The molecule has 0 spiro atoms. The van der Waals surface area contributed by atoms with Gasteiger partial charge < -0.3 is 9.40 Å². The lowest BCUT2D eigenvalue weighted by atomic mass is 10.1. The normalized spacial score (nSPS) is 11.9. The Kier molecular flexibility index (Phi) is 4.61. The van der Waals surface area contributed by atoms with E-state index >= 15 is 0 Å². The van der Waals surface area contributed by atoms with Crippen LogP contribution in [0.3, 0.4) is 0 Å². The van der Waals surface area contributed by atoms with Crippen LogP contribution in [0, 0.1) is 0 Å². The number of aromatic nitrogens is 6. The summed E-state index contributed by atoms with van der Waals surface area (Å²) in [6, 6.07) is 9.94. The van der Waals surface area contributed by atoms with E-state index in [2.05, 4.69) is 36.7 Å². The van der Waals surface area contributed by atoms with E-state index in [1.807, 2.05) is 37.3 Å². The first-order valence-corrected chi connectivity index (χ1v) is 8.68. The quantitative estimate of drug-likeness (QED) is 0.389. The molecule has 0 amide bonds. The van der Waals surface area contributed by atoms with Gasteiger partial charge in [-0.2, -0.15) is 9.78 Å². The molecule has 0 atom stereocenters. The molecule has 0 saturated heterocycles. The molecule has 0 bridgehead atoms. The molecule has 8 nitrogen and oxygen atoms in total. The molecule has 0 radical (unpaired) electrons. The molecular formula is C19H19N7O. The van der Waals surface area contributed by atoms with E-state index in [4.69, 9.17) is 4.84 Å². The third-order valence-electron chi connectivity index (χ3n) is 4.24. The van der Waals surface area contributed by atoms with Crippen molar-refractivity contribution in [1.29, 1.82) is 0 Å². The van der Waals surface area contributed by atoms with E-state index in [-0.39, 0.29) is 0 Å². The third kappa shape index (κ3) is 3.29. The third-order valence-corrected chi connectivity index (χ3v) is 4.24. The minimum atomic E-state index is 0.416. The molecule has 3 aromatic heterocycles. The Labute approximate surface area is 156 Å². The predicted octanol–water partition coefficient (Wildman–Crippen LogP) is 2.97. The highest BCUT2D eigenvalue weighted by Gasteiger charge is 2.17. The van der Waals surface area contributed by atoms with Crippen LogP contribution >= 0.6 is 0 Å². The molecule has 0 fully saturated rings. The molecule has 0 aliphatic rings. The highest BCUT2D eigenvalue weighted by molar-refractivity contribution is 6.07. The standard InChI is InChI=1S/C19H19N7O/c1-3-25-18-16(14(2)24-27-11-15-7-5-4-6-8-15)9-20-10-17(18)23-19(25)26-13-21-12-22-26/h4-10,12-13H,3,11H2,1-2H3. The second kappa shape index (κ2) is 7.36. The zero-order valence-corrected chi connectivity index (χ0v) is 15.1. The van der Waals surface area contributed by atoms with Crippen LogP contribution in [-0.2, 0) is 18.0 Å². The molecular weight excluding hydrogens is 342 g/mol. The fraction of sp³-hybridized carbons (Fsp3) is 0.211. The lowest BCUT2D eigenvalue weighted by molar-refractivity contribution is 0.130. The number of nitrogens with zero attached hydrogens (tertiary/aromatic N) is 7. The first-order valence-electron chi connectivity index (χ1n) is 8.68. The zero-order valence-electron chi connectivity index (χ0n) is 15.1. The molecule has 1 aromatic carbocycles. The summed E-state index contributed by atoms with van der Waals surface area (Å²) >= 11 is 0. The Balaban J connectivity index is 1.70. The van der Waals surface area contributed by atoms with Gasteiger partial charge >= 0.3 is 0 Å². The highest BCUT2D eigenvalue weighted by Crippen LogP contribution is 2.22. The van der Waals surface area contributed by atoms with Crippen molar-refractivity contribution in [2.75, 3.05) is 0 Å². The lowest BCUT2D eigenvalue weighted by Crippen LogP contribution is -2.08. The molecule has 0 saturated carbocycles. The molecule has 0 unspecified atom stereocenters. The summed E-state index contributed by atoms with van der Waals surface area (Å²) in [5, 5.41) is 8.48. The molecule has 3 heterocycles. The van der Waals surface area contributed by atoms with Crippen LogP contribution < -0.4 is 0 Å². The van der Waals surface area contributed by atoms with E-state index in [0.29, 0.717) is 12.6 Å². The van der Waals surface area contributed by atoms with Gasteiger partial charge in [0.25, 0.3) is 0 Å². The van der Waals surface area contributed by atoms with Crippen molar-refractivity contribution in [3.8, 4) is 5.95 Å². The summed E-state index contributed by atoms with van der Waals surface area (Å²) in [7, 11) is 0. The van der Waals surface area contributed by atoms with Gasteiger partial charge in [-0.05, 0) is 19.4 Å². The van der Waals surface area contributed by atoms with Gasteiger partial charge in [-0.25, -0.2) is 9.97 Å². The number of hydrogen-bond donors (Lipinski definition) is 0. The van der Waals surface area contributed by atoms with Crippen molar-refractivity contribution in [2.45, 2.75) is 27.0 Å². The van der Waals surface area contributed by atoms with Crippen molar-refractivity contribution in [2.24, 2.45) is 5.16 Å². The fourth-order valence-corrected chi connectivity index (χ4v) is 2.95. The summed E-state index contributed by atoms with van der Waals surface area (Å²) < 4.78 is 3.71. The van der Waals surface area contributed by atoms with Crippen molar-refractivity contribution < 1.29 is 4.84 Å². The van der Waals surface area contributed by atoms with Gasteiger partial charge in [0.05, 0.1) is 17.4 Å². The zero-order chi connectivity index (χ0) is 18.6. The lowest BCUT2D eigenvalue weighted by Gasteiger charge is -2.08. The molecule has 4 rings (SSSR count). The van der Waals surface area contributed by atoms with Gasteiger partial charge in [0, 0.05) is 18.3 Å². The number of oxime groups is 1. The van der Waals surface area contributed by atoms with E-state index in [1.54, 1.807) is 23.4 Å². The summed E-state index contributed by atoms with van der Waals surface area (Å²) in [6.07, 6.45) is 6.64. The average molecular weight is 361 g/mol. The van der Waals surface area contributed by atoms with Gasteiger partial charge in [-0.15, -0.1) is 0 Å². The topological polar surface area (TPSA) is 83.0 Å². The minimum absolute atomic E-state index is 0.416. The number of imidazole rings is 1. The Morgan fingerprint density at radius 3 is 2.74 bits per heavy atom. The molecule has 4 aromatic rings. The first-order chi connectivity index (χ1) is 13.3. The molecule has 136 valence electrons. The van der Waals surface area contributed by atoms with Crippen LogP contribution in [0.5, 0.6) is 0 Å². The van der Waals surface area contributed by atoms with Crippen LogP contribution in [0.1, 0.15) is 25.0 Å². The summed E-state index contributed by atoms with van der Waals surface area (Å²) in [5.41, 5.74) is 4.41. The Morgan fingerprint density at radius 1 is 1.15 bits per heavy atom. The van der Waals surface area contributed by atoms with Gasteiger partial charge in [0.15, 0.2) is 0 Å². The minimum Gasteiger partial charge on any atom is -0.391 e. The molecule has 0 aliphatic carbocycles. The van der Waals surface area contributed by atoms with Crippen LogP contribution in [0.2, 0.25) is 0 Å². The summed E-state index contributed by atoms with van der Waals surface area (Å²) in [4.78, 5) is 18.5. The van der Waals surface area contributed by atoms with E-state index in [1.165, 1.54) is 6.33 Å². The Hall–Kier alpha value is -3.55. The van der Waals surface area contributed by atoms with E-state index < -0.39 is 0 Å². The molecule has 8 heteroatoms. The number of hydrogen-bond acceptors (Lipinski definition) is 6. The smallest absolute Gasteiger partial charge is 0.233 e. The van der Waals surface area contributed by atoms with Crippen LogP contribution in [0.4, 0.5) is 0 Å². The average Bonchev–Trinajstić information content (AvgIpc) is 3.35. The second-order valence-corrected chi connectivity index (χ2v) is 5.99. The maximum absolute atomic E-state index is 5.54. The van der Waals surface area contributed by atoms with Crippen molar-refractivity contribution >= 4 is 16.7 Å². The number of pyridine rings is 1. The van der Waals surface area contributed by atoms with Crippen LogP contribution in [0.25, 0.3) is 17.0 Å². The number of benzene rings is 1. The van der Waals surface area contributed by atoms with Crippen molar-refractivity contribution in [3.63, 3.8) is 0 Å². The maximum Gasteiger partial charge on any atom is 0.233 e. The Bertz CT molecular complexity index is 1070. The maximum atomic E-state index is 5.54. The molecule has 0 aliphatic heterocycles. The first kappa shape index (κ1) is 16.9. The van der Waals surface area contributed by atoms with Gasteiger partial charge in [0.1, 0.15) is 24.8 Å². The van der Waals surface area contributed by atoms with Gasteiger partial charge in [-0.3, -0.25) is 4.98 Å². The summed E-state index contributed by atoms with van der Waals surface area (Å²) in [6.45, 7) is 5.10. The molecule has 0 N–H and O–H groups in total.